The van der Waals surface area contributed by atoms with Crippen LogP contribution in [0.5, 0.6) is 0 Å². The summed E-state index contributed by atoms with van der Waals surface area (Å²) in [5.74, 6) is 0.245. The minimum atomic E-state index is 0.0604. The first-order chi connectivity index (χ1) is 12.3. The quantitative estimate of drug-likeness (QED) is 0.891. The van der Waals surface area contributed by atoms with Gasteiger partial charge in [0.15, 0.2) is 5.13 Å². The molecule has 1 aromatic carbocycles. The van der Waals surface area contributed by atoms with Crippen molar-refractivity contribution in [2.45, 2.75) is 38.2 Å². The second kappa shape index (κ2) is 7.70. The number of aromatic nitrogens is 1. The van der Waals surface area contributed by atoms with Gasteiger partial charge in [-0.2, -0.15) is 0 Å². The predicted molar refractivity (Wildman–Crippen MR) is 101 cm³/mol. The van der Waals surface area contributed by atoms with Crippen molar-refractivity contribution in [3.8, 4) is 0 Å². The van der Waals surface area contributed by atoms with Gasteiger partial charge < -0.3 is 15.0 Å². The Morgan fingerprint density at radius 2 is 2.24 bits per heavy atom. The lowest BCUT2D eigenvalue weighted by Gasteiger charge is -2.31. The van der Waals surface area contributed by atoms with Gasteiger partial charge in [0.25, 0.3) is 0 Å². The van der Waals surface area contributed by atoms with E-state index in [1.165, 1.54) is 4.70 Å². The Bertz CT molecular complexity index is 693. The minimum absolute atomic E-state index is 0.0604. The molecule has 2 aliphatic heterocycles. The molecule has 0 spiro atoms. The second-order valence-corrected chi connectivity index (χ2v) is 7.97. The summed E-state index contributed by atoms with van der Waals surface area (Å²) >= 11 is 1.72. The van der Waals surface area contributed by atoms with Gasteiger partial charge in [0.2, 0.25) is 5.91 Å². The van der Waals surface area contributed by atoms with Crippen molar-refractivity contribution in [1.82, 2.24) is 10.3 Å². The molecule has 0 aliphatic carbocycles. The fourth-order valence-corrected chi connectivity index (χ4v) is 4.73. The van der Waals surface area contributed by atoms with Crippen molar-refractivity contribution in [3.63, 3.8) is 0 Å². The standard InChI is InChI=1S/C19H25N3O2S/c23-18(20-10-9-15-6-4-12-24-15)14-5-3-11-22(13-14)19-21-16-7-1-2-8-17(16)25-19/h1-2,7-8,14-15H,3-6,9-13H2,(H,20,23)/t14-,15-/m0/s1. The Hall–Kier alpha value is -1.66. The number of piperidine rings is 1. The molecule has 2 atom stereocenters. The fraction of sp³-hybridized carbons (Fsp3) is 0.579. The van der Waals surface area contributed by atoms with E-state index in [2.05, 4.69) is 22.3 Å². The normalized spacial score (nSPS) is 23.9. The van der Waals surface area contributed by atoms with Gasteiger partial charge in [-0.15, -0.1) is 0 Å². The molecule has 134 valence electrons. The van der Waals surface area contributed by atoms with Crippen molar-refractivity contribution in [2.75, 3.05) is 31.1 Å². The highest BCUT2D eigenvalue weighted by atomic mass is 32.1. The average Bonchev–Trinajstić information content (AvgIpc) is 3.31. The molecule has 2 fully saturated rings. The molecule has 1 N–H and O–H groups in total. The molecule has 0 bridgehead atoms. The maximum atomic E-state index is 12.5. The van der Waals surface area contributed by atoms with Crippen LogP contribution in [-0.2, 0) is 9.53 Å². The number of fused-ring (bicyclic) bond motifs is 1. The predicted octanol–water partition coefficient (Wildman–Crippen LogP) is 3.20. The molecule has 3 heterocycles. The summed E-state index contributed by atoms with van der Waals surface area (Å²) in [6.07, 6.45) is 5.56. The number of carbonyl (C=O) groups is 1. The molecular weight excluding hydrogens is 334 g/mol. The number of hydrogen-bond donors (Lipinski definition) is 1. The largest absolute Gasteiger partial charge is 0.378 e. The zero-order chi connectivity index (χ0) is 17.1. The second-order valence-electron chi connectivity index (χ2n) is 6.96. The number of nitrogens with one attached hydrogen (secondary N) is 1. The van der Waals surface area contributed by atoms with E-state index in [4.69, 9.17) is 9.72 Å². The number of amides is 1. The van der Waals surface area contributed by atoms with E-state index in [9.17, 15) is 4.79 Å². The third kappa shape index (κ3) is 3.96. The SMILES string of the molecule is O=C(NCC[C@@H]1CCCO1)[C@H]1CCCN(c2nc3ccccc3s2)C1. The number of anilines is 1. The van der Waals surface area contributed by atoms with Crippen LogP contribution in [0.4, 0.5) is 5.13 Å². The van der Waals surface area contributed by atoms with E-state index < -0.39 is 0 Å². The van der Waals surface area contributed by atoms with Gasteiger partial charge in [0.05, 0.1) is 22.2 Å². The van der Waals surface area contributed by atoms with E-state index in [0.717, 1.165) is 69.0 Å². The lowest BCUT2D eigenvalue weighted by Crippen LogP contribution is -2.43. The molecule has 0 unspecified atom stereocenters. The van der Waals surface area contributed by atoms with Crippen molar-refractivity contribution in [1.29, 1.82) is 0 Å². The lowest BCUT2D eigenvalue weighted by molar-refractivity contribution is -0.125. The number of thiazole rings is 1. The Balaban J connectivity index is 1.32. The van der Waals surface area contributed by atoms with Gasteiger partial charge in [-0.25, -0.2) is 4.98 Å². The molecule has 25 heavy (non-hydrogen) atoms. The van der Waals surface area contributed by atoms with Gasteiger partial charge >= 0.3 is 0 Å². The fourth-order valence-electron chi connectivity index (χ4n) is 3.73. The van der Waals surface area contributed by atoms with Crippen LogP contribution in [0.25, 0.3) is 10.2 Å². The molecule has 4 rings (SSSR count). The summed E-state index contributed by atoms with van der Waals surface area (Å²) < 4.78 is 6.83. The van der Waals surface area contributed by atoms with Crippen molar-refractivity contribution >= 4 is 32.6 Å². The molecule has 1 aromatic heterocycles. The Morgan fingerprint density at radius 3 is 3.08 bits per heavy atom. The van der Waals surface area contributed by atoms with Crippen LogP contribution in [-0.4, -0.2) is 43.2 Å². The van der Waals surface area contributed by atoms with Gasteiger partial charge in [-0.3, -0.25) is 4.79 Å². The van der Waals surface area contributed by atoms with Gasteiger partial charge in [-0.05, 0) is 44.2 Å². The van der Waals surface area contributed by atoms with Crippen LogP contribution in [0, 0.1) is 5.92 Å². The first-order valence-corrected chi connectivity index (χ1v) is 10.1. The van der Waals surface area contributed by atoms with E-state index in [1.807, 2.05) is 12.1 Å². The lowest BCUT2D eigenvalue weighted by atomic mass is 9.97. The smallest absolute Gasteiger partial charge is 0.224 e. The molecule has 6 heteroatoms. The van der Waals surface area contributed by atoms with Crippen molar-refractivity contribution in [3.05, 3.63) is 24.3 Å². The summed E-state index contributed by atoms with van der Waals surface area (Å²) in [5, 5.41) is 4.16. The minimum Gasteiger partial charge on any atom is -0.378 e. The van der Waals surface area contributed by atoms with Gasteiger partial charge in [0.1, 0.15) is 0 Å². The highest BCUT2D eigenvalue weighted by Crippen LogP contribution is 2.31. The zero-order valence-electron chi connectivity index (χ0n) is 14.4. The Kier molecular flexibility index (Phi) is 5.17. The molecule has 0 radical (unpaired) electrons. The highest BCUT2D eigenvalue weighted by molar-refractivity contribution is 7.22. The number of benzene rings is 1. The summed E-state index contributed by atoms with van der Waals surface area (Å²) in [7, 11) is 0. The summed E-state index contributed by atoms with van der Waals surface area (Å²) in [5.41, 5.74) is 1.05. The van der Waals surface area contributed by atoms with E-state index >= 15 is 0 Å². The van der Waals surface area contributed by atoms with Crippen LogP contribution >= 0.6 is 11.3 Å². The molecule has 5 nitrogen and oxygen atoms in total. The third-order valence-corrected chi connectivity index (χ3v) is 6.23. The van der Waals surface area contributed by atoms with E-state index in [0.29, 0.717) is 6.10 Å². The molecule has 0 saturated carbocycles. The summed E-state index contributed by atoms with van der Waals surface area (Å²) in [6.45, 7) is 3.35. The monoisotopic (exact) mass is 359 g/mol. The summed E-state index contributed by atoms with van der Waals surface area (Å²) in [6, 6.07) is 8.22. The number of nitrogens with zero attached hydrogens (tertiary/aromatic N) is 2. The molecule has 2 aromatic rings. The maximum Gasteiger partial charge on any atom is 0.224 e. The third-order valence-electron chi connectivity index (χ3n) is 5.13. The van der Waals surface area contributed by atoms with Gasteiger partial charge in [-0.1, -0.05) is 23.5 Å². The van der Waals surface area contributed by atoms with Crippen molar-refractivity contribution in [2.24, 2.45) is 5.92 Å². The van der Waals surface area contributed by atoms with Crippen LogP contribution in [0.1, 0.15) is 32.1 Å². The Labute approximate surface area is 152 Å². The first-order valence-electron chi connectivity index (χ1n) is 9.29. The topological polar surface area (TPSA) is 54.5 Å². The van der Waals surface area contributed by atoms with Crippen molar-refractivity contribution < 1.29 is 9.53 Å². The number of rotatable bonds is 5. The number of hydrogen-bond acceptors (Lipinski definition) is 5. The van der Waals surface area contributed by atoms with E-state index in [1.54, 1.807) is 11.3 Å². The zero-order valence-corrected chi connectivity index (χ0v) is 15.3. The van der Waals surface area contributed by atoms with Crippen LogP contribution in [0.15, 0.2) is 24.3 Å². The first kappa shape index (κ1) is 16.8. The highest BCUT2D eigenvalue weighted by Gasteiger charge is 2.27. The van der Waals surface area contributed by atoms with Crippen LogP contribution in [0.2, 0.25) is 0 Å². The number of ether oxygens (including phenoxy) is 1. The average molecular weight is 359 g/mol. The molecule has 2 aliphatic rings. The van der Waals surface area contributed by atoms with Crippen LogP contribution in [0.3, 0.4) is 0 Å². The number of carbonyl (C=O) groups excluding carboxylic acids is 1. The molecule has 1 amide bonds. The van der Waals surface area contributed by atoms with Gasteiger partial charge in [0, 0.05) is 26.2 Å². The van der Waals surface area contributed by atoms with Crippen LogP contribution < -0.4 is 10.2 Å². The summed E-state index contributed by atoms with van der Waals surface area (Å²) in [4.78, 5) is 19.5. The molecular formula is C19H25N3O2S. The number of para-hydroxylation sites is 1. The Morgan fingerprint density at radius 1 is 1.32 bits per heavy atom. The van der Waals surface area contributed by atoms with E-state index in [-0.39, 0.29) is 11.8 Å². The molecule has 2 saturated heterocycles. The maximum absolute atomic E-state index is 12.5.